The Hall–Kier alpha value is -12.3. The number of fused-ring (bicyclic) bond motifs is 3. The van der Waals surface area contributed by atoms with Crippen molar-refractivity contribution in [2.45, 2.75) is 210 Å². The topological polar surface area (TPSA) is 344 Å². The Kier molecular flexibility index (Phi) is 39.4. The highest BCUT2D eigenvalue weighted by Crippen LogP contribution is 2.38. The van der Waals surface area contributed by atoms with Crippen LogP contribution in [0.15, 0.2) is 158 Å². The van der Waals surface area contributed by atoms with E-state index in [2.05, 4.69) is 51.7 Å². The number of nitrogens with zero attached hydrogens (tertiary/aromatic N) is 12. The first-order valence-corrected chi connectivity index (χ1v) is 48.7. The molecule has 3 aliphatic rings. The minimum absolute atomic E-state index is 0.107. The third-order valence-corrected chi connectivity index (χ3v) is 26.1. The maximum atomic E-state index is 14.5. The number of carbonyl (C=O) groups is 9. The number of Topliss-reactive ketones (excluding diaryl/α,β-unsaturated/α-hetero) is 1. The quantitative estimate of drug-likeness (QED) is 0.0258. The van der Waals surface area contributed by atoms with Crippen molar-refractivity contribution in [2.75, 3.05) is 85.5 Å². The Balaban J connectivity index is 0.000000198. The number of hydrogen-bond acceptors (Lipinski definition) is 19. The van der Waals surface area contributed by atoms with E-state index in [0.29, 0.717) is 112 Å². The predicted molar refractivity (Wildman–Crippen MR) is 526 cm³/mol. The van der Waals surface area contributed by atoms with E-state index >= 15 is 0 Å². The second-order valence-corrected chi connectivity index (χ2v) is 35.6. The standard InChI is InChI=1S/C39H45ClN4O5.C34H43ClN4O6.C32H39ClN4O6/c1-4-6-19-42(20-7-5-2)39(48)37-36(40)27(3)44(41-37)35-18-17-33(49-26-32(46)21-28-13-9-8-10-14-28)23-34(35)38(47)43-24-30-16-12-11-15-29(30)22-31(43)25-45;1-5-8-16-37(17-9-6-2)34(43)32-31(35)23(4)39(36-32)29-15-14-27(45-22-30(41)44-7-3)19-28(29)33(42)38-20-25-13-11-10-12-24(25)18-26(38)21-40;1-4-6-14-35(15-7-5-2)32(42)30-29(33)21(3)37(34-30)27-13-12-25(43-20-28(39)40)17-26(27)31(41)36-18-23-11-9-8-10-22(23)16-24(36)19-38/h8-18,23,31,45H,4-7,19-22,24-26H2,1-3H3;10-15,19,26,40H,5-9,16-18,20-22H2,1-4H3;8-13,17,24,38H,4-7,14-16,18-20H2,1-3H3,(H,39,40)/t31-;26-;24-/m000/s1. The SMILES string of the molecule is CCCCN(CCCC)C(=O)c1nn(-c2ccc(OCC(=O)Cc3ccccc3)cc2C(=O)N2Cc3ccccc3C[C@H]2CO)c(C)c1Cl.CCCCN(CCCC)C(=O)c1nn(-c2ccc(OCC(=O)O)cc2C(=O)N2Cc3ccccc3C[C@H]2CO)c(C)c1Cl.CCCCN(CCCC)C(=O)c1nn(-c2ccc(OCC(=O)OCC)cc2C(=O)N2Cc3ccccc3C[C@H]2CO)c(C)c1Cl. The number of ketones is 1. The molecule has 0 radical (unpaired) electrons. The molecule has 0 unspecified atom stereocenters. The molecule has 3 aliphatic heterocycles. The predicted octanol–water partition coefficient (Wildman–Crippen LogP) is 16.9. The molecule has 10 aromatic rings. The first-order valence-electron chi connectivity index (χ1n) is 47.5. The summed E-state index contributed by atoms with van der Waals surface area (Å²) in [5.74, 6) is -2.83. The first-order chi connectivity index (χ1) is 66.2. The van der Waals surface area contributed by atoms with Gasteiger partial charge in [0.05, 0.1) is 110 Å². The van der Waals surface area contributed by atoms with Gasteiger partial charge in [0.1, 0.15) is 23.9 Å². The van der Waals surface area contributed by atoms with E-state index in [1.165, 1.54) is 20.1 Å². The molecule has 0 spiro atoms. The number of aliphatic hydroxyl groups excluding tert-OH is 3. The maximum absolute atomic E-state index is 14.5. The van der Waals surface area contributed by atoms with Crippen molar-refractivity contribution >= 4 is 88.0 Å². The second kappa shape index (κ2) is 51.2. The summed E-state index contributed by atoms with van der Waals surface area (Å²) in [6.07, 6.45) is 12.6. The Morgan fingerprint density at radius 1 is 0.380 bits per heavy atom. The molecule has 6 amide bonds. The van der Waals surface area contributed by atoms with Crippen LogP contribution in [0, 0.1) is 20.8 Å². The monoisotopic (exact) mass is 1930 g/mol. The number of carboxylic acids is 1. The van der Waals surface area contributed by atoms with Gasteiger partial charge >= 0.3 is 11.9 Å². The fourth-order valence-corrected chi connectivity index (χ4v) is 17.5. The number of carbonyl (C=O) groups excluding carboxylic acids is 8. The largest absolute Gasteiger partial charge is 0.486 e. The molecule has 137 heavy (non-hydrogen) atoms. The highest BCUT2D eigenvalue weighted by Gasteiger charge is 2.39. The Morgan fingerprint density at radius 3 is 0.949 bits per heavy atom. The molecular formula is C105H127Cl3N12O17. The summed E-state index contributed by atoms with van der Waals surface area (Å²) in [5.41, 5.74) is 10.8. The molecule has 0 saturated carbocycles. The number of carboxylic acid groups (broad SMARTS) is 1. The Morgan fingerprint density at radius 2 is 0.664 bits per heavy atom. The van der Waals surface area contributed by atoms with Gasteiger partial charge < -0.3 is 68.8 Å². The molecule has 13 rings (SSSR count). The third-order valence-electron chi connectivity index (χ3n) is 24.7. The fraction of sp³-hybridized carbons (Fsp3) is 0.429. The summed E-state index contributed by atoms with van der Waals surface area (Å²) in [5, 5.41) is 54.7. The van der Waals surface area contributed by atoms with Crippen LogP contribution in [0.2, 0.25) is 15.1 Å². The van der Waals surface area contributed by atoms with E-state index in [9.17, 15) is 58.5 Å². The van der Waals surface area contributed by atoms with E-state index in [4.69, 9.17) is 64.0 Å². The van der Waals surface area contributed by atoms with Crippen LogP contribution < -0.4 is 14.2 Å². The molecule has 29 nitrogen and oxygen atoms in total. The van der Waals surface area contributed by atoms with Crippen LogP contribution in [0.4, 0.5) is 0 Å². The highest BCUT2D eigenvalue weighted by molar-refractivity contribution is 6.35. The number of hydrogen-bond donors (Lipinski definition) is 4. The lowest BCUT2D eigenvalue weighted by Gasteiger charge is -2.36. The van der Waals surface area contributed by atoms with Crippen LogP contribution in [-0.4, -0.2) is 236 Å². The summed E-state index contributed by atoms with van der Waals surface area (Å²) in [7, 11) is 0. The van der Waals surface area contributed by atoms with Crippen molar-refractivity contribution < 1.29 is 82.5 Å². The number of unbranched alkanes of at least 4 members (excludes halogenated alkanes) is 6. The zero-order valence-corrected chi connectivity index (χ0v) is 82.2. The van der Waals surface area contributed by atoms with Crippen molar-refractivity contribution in [1.29, 1.82) is 0 Å². The fourth-order valence-electron chi connectivity index (χ4n) is 16.9. The zero-order chi connectivity index (χ0) is 98.5. The van der Waals surface area contributed by atoms with Crippen molar-refractivity contribution in [3.05, 3.63) is 263 Å². The minimum atomic E-state index is -1.15. The lowest BCUT2D eigenvalue weighted by Crippen LogP contribution is -2.46. The molecule has 32 heteroatoms. The van der Waals surface area contributed by atoms with Gasteiger partial charge in [-0.1, -0.05) is 218 Å². The molecule has 7 aromatic carbocycles. The van der Waals surface area contributed by atoms with Crippen LogP contribution in [-0.2, 0) is 64.4 Å². The number of ether oxygens (including phenoxy) is 4. The van der Waals surface area contributed by atoms with Gasteiger partial charge in [-0.25, -0.2) is 23.6 Å². The molecule has 0 fully saturated rings. The number of halogens is 3. The second-order valence-electron chi connectivity index (χ2n) is 34.5. The third kappa shape index (κ3) is 26.4. The molecule has 4 N–H and O–H groups in total. The summed E-state index contributed by atoms with van der Waals surface area (Å²) in [4.78, 5) is 130. The number of esters is 1. The molecule has 3 aromatic heterocycles. The minimum Gasteiger partial charge on any atom is -0.486 e. The van der Waals surface area contributed by atoms with Crippen LogP contribution in [0.5, 0.6) is 17.2 Å². The highest BCUT2D eigenvalue weighted by atomic mass is 35.5. The maximum Gasteiger partial charge on any atom is 0.344 e. The van der Waals surface area contributed by atoms with Crippen LogP contribution in [0.3, 0.4) is 0 Å². The molecular weight excluding hydrogens is 1810 g/mol. The van der Waals surface area contributed by atoms with Crippen LogP contribution in [0.1, 0.15) is 244 Å². The van der Waals surface area contributed by atoms with Crippen molar-refractivity contribution in [2.24, 2.45) is 0 Å². The number of aliphatic carboxylic acids is 1. The van der Waals surface area contributed by atoms with Crippen molar-refractivity contribution in [3.63, 3.8) is 0 Å². The van der Waals surface area contributed by atoms with Crippen molar-refractivity contribution in [3.8, 4) is 34.3 Å². The van der Waals surface area contributed by atoms with Gasteiger partial charge in [0.15, 0.2) is 36.1 Å². The van der Waals surface area contributed by atoms with Gasteiger partial charge in [-0.15, -0.1) is 0 Å². The summed E-state index contributed by atoms with van der Waals surface area (Å²) in [6.45, 7) is 22.4. The molecule has 0 aliphatic carbocycles. The van der Waals surface area contributed by atoms with Gasteiger partial charge in [0.25, 0.3) is 35.4 Å². The molecule has 0 bridgehead atoms. The van der Waals surface area contributed by atoms with Crippen LogP contribution >= 0.6 is 34.8 Å². The van der Waals surface area contributed by atoms with Gasteiger partial charge in [0.2, 0.25) is 0 Å². The molecule has 3 atom stereocenters. The average Bonchev–Trinajstić information content (AvgIpc) is 1.76. The first kappa shape index (κ1) is 105. The summed E-state index contributed by atoms with van der Waals surface area (Å²) >= 11 is 20.3. The van der Waals surface area contributed by atoms with E-state index < -0.39 is 42.6 Å². The molecule has 730 valence electrons. The van der Waals surface area contributed by atoms with Gasteiger partial charge in [-0.05, 0) is 179 Å². The Bertz CT molecular complexity index is 5840. The van der Waals surface area contributed by atoms with E-state index in [1.807, 2.05) is 103 Å². The van der Waals surface area contributed by atoms with Crippen molar-refractivity contribution in [1.82, 2.24) is 58.7 Å². The van der Waals surface area contributed by atoms with E-state index in [1.54, 1.807) is 106 Å². The Labute approximate surface area is 816 Å². The lowest BCUT2D eigenvalue weighted by molar-refractivity contribution is -0.145. The number of rotatable bonds is 42. The lowest BCUT2D eigenvalue weighted by atomic mass is 9.93. The molecule has 0 saturated heterocycles. The average molecular weight is 1940 g/mol. The van der Waals surface area contributed by atoms with E-state index in [-0.39, 0.29) is 148 Å². The molecule has 6 heterocycles. The van der Waals surface area contributed by atoms with Crippen LogP contribution in [0.25, 0.3) is 17.1 Å². The summed E-state index contributed by atoms with van der Waals surface area (Å²) < 4.78 is 26.6. The number of aromatic nitrogens is 6. The zero-order valence-electron chi connectivity index (χ0n) is 80.0. The van der Waals surface area contributed by atoms with Gasteiger partial charge in [0, 0.05) is 65.3 Å². The van der Waals surface area contributed by atoms with E-state index in [0.717, 1.165) is 116 Å². The number of benzene rings is 7. The normalized spacial score (nSPS) is 14.2. The smallest absolute Gasteiger partial charge is 0.344 e. The number of aliphatic hydroxyl groups is 3. The number of amides is 6. The van der Waals surface area contributed by atoms with Gasteiger partial charge in [-0.3, -0.25) is 33.6 Å². The summed E-state index contributed by atoms with van der Waals surface area (Å²) in [6, 6.07) is 46.1. The van der Waals surface area contributed by atoms with Gasteiger partial charge in [-0.2, -0.15) is 15.3 Å².